The summed E-state index contributed by atoms with van der Waals surface area (Å²) < 4.78 is 8.47. The lowest BCUT2D eigenvalue weighted by Crippen LogP contribution is -2.26. The molecule has 100 valence electrons. The fourth-order valence-corrected chi connectivity index (χ4v) is 3.43. The molecule has 1 aliphatic carbocycles. The molecule has 4 nitrogen and oxygen atoms in total. The summed E-state index contributed by atoms with van der Waals surface area (Å²) in [5.41, 5.74) is 6.87. The summed E-state index contributed by atoms with van der Waals surface area (Å²) >= 11 is 0. The van der Waals surface area contributed by atoms with Gasteiger partial charge >= 0.3 is 0 Å². The molecule has 2 N–H and O–H groups in total. The van der Waals surface area contributed by atoms with E-state index < -0.39 is 0 Å². The fraction of sp³-hybridized carbons (Fsp3) is 0.786. The van der Waals surface area contributed by atoms with Crippen molar-refractivity contribution >= 4 is 0 Å². The zero-order valence-corrected chi connectivity index (χ0v) is 11.0. The van der Waals surface area contributed by atoms with Gasteiger partial charge in [0.15, 0.2) is 0 Å². The van der Waals surface area contributed by atoms with Crippen LogP contribution in [-0.4, -0.2) is 27.8 Å². The summed E-state index contributed by atoms with van der Waals surface area (Å²) in [5.74, 6) is 0. The molecule has 3 rings (SSSR count). The van der Waals surface area contributed by atoms with Crippen molar-refractivity contribution in [2.75, 3.05) is 6.54 Å². The molecule has 1 atom stereocenters. The highest BCUT2D eigenvalue weighted by Gasteiger charge is 2.42. The Morgan fingerprint density at radius 1 is 1.39 bits per heavy atom. The first kappa shape index (κ1) is 12.2. The minimum atomic E-state index is 0.241. The van der Waals surface area contributed by atoms with E-state index in [1.807, 2.05) is 6.33 Å². The molecule has 2 aliphatic rings. The zero-order valence-electron chi connectivity index (χ0n) is 11.0. The average Bonchev–Trinajstić information content (AvgIpc) is 3.06. The van der Waals surface area contributed by atoms with Crippen molar-refractivity contribution < 1.29 is 4.74 Å². The van der Waals surface area contributed by atoms with Crippen LogP contribution in [0.5, 0.6) is 0 Å². The van der Waals surface area contributed by atoms with Gasteiger partial charge in [0.2, 0.25) is 0 Å². The van der Waals surface area contributed by atoms with E-state index in [2.05, 4.69) is 15.7 Å². The minimum Gasteiger partial charge on any atom is -0.370 e. The van der Waals surface area contributed by atoms with Crippen molar-refractivity contribution in [3.63, 3.8) is 0 Å². The average molecular weight is 249 g/mol. The van der Waals surface area contributed by atoms with Crippen LogP contribution in [-0.2, 0) is 17.7 Å². The van der Waals surface area contributed by atoms with Gasteiger partial charge in [0.25, 0.3) is 0 Å². The molecule has 0 radical (unpaired) electrons. The quantitative estimate of drug-likeness (QED) is 0.886. The SMILES string of the molecule is NCCc1cn(CC2CCC3(CCCC3)O2)cn1. The van der Waals surface area contributed by atoms with Gasteiger partial charge in [0.05, 0.1) is 23.7 Å². The van der Waals surface area contributed by atoms with Crippen molar-refractivity contribution in [3.05, 3.63) is 18.2 Å². The molecule has 0 amide bonds. The van der Waals surface area contributed by atoms with Crippen molar-refractivity contribution in [1.29, 1.82) is 0 Å². The van der Waals surface area contributed by atoms with Crippen LogP contribution in [0.25, 0.3) is 0 Å². The van der Waals surface area contributed by atoms with E-state index in [4.69, 9.17) is 10.5 Å². The van der Waals surface area contributed by atoms with Gasteiger partial charge in [-0.15, -0.1) is 0 Å². The predicted octanol–water partition coefficient (Wildman–Crippen LogP) is 1.88. The van der Waals surface area contributed by atoms with E-state index in [-0.39, 0.29) is 5.60 Å². The second-order valence-corrected chi connectivity index (χ2v) is 5.77. The van der Waals surface area contributed by atoms with Crippen LogP contribution in [0.3, 0.4) is 0 Å². The van der Waals surface area contributed by atoms with E-state index in [1.54, 1.807) is 0 Å². The molecule has 4 heteroatoms. The van der Waals surface area contributed by atoms with Crippen molar-refractivity contribution in [2.24, 2.45) is 5.73 Å². The van der Waals surface area contributed by atoms with Gasteiger partial charge in [-0.25, -0.2) is 4.98 Å². The number of imidazole rings is 1. The molecule has 1 saturated heterocycles. The van der Waals surface area contributed by atoms with Crippen molar-refractivity contribution in [1.82, 2.24) is 9.55 Å². The molecule has 1 saturated carbocycles. The largest absolute Gasteiger partial charge is 0.370 e. The molecule has 1 aromatic rings. The Hall–Kier alpha value is -0.870. The number of hydrogen-bond donors (Lipinski definition) is 1. The highest BCUT2D eigenvalue weighted by molar-refractivity contribution is 4.98. The molecular weight excluding hydrogens is 226 g/mol. The normalized spacial score (nSPS) is 26.2. The highest BCUT2D eigenvalue weighted by atomic mass is 16.5. The Kier molecular flexibility index (Phi) is 3.39. The first-order chi connectivity index (χ1) is 8.80. The van der Waals surface area contributed by atoms with Gasteiger partial charge in [-0.3, -0.25) is 0 Å². The first-order valence-electron chi connectivity index (χ1n) is 7.18. The van der Waals surface area contributed by atoms with Crippen molar-refractivity contribution in [3.8, 4) is 0 Å². The van der Waals surface area contributed by atoms with E-state index in [9.17, 15) is 0 Å². The molecule has 18 heavy (non-hydrogen) atoms. The third-order valence-electron chi connectivity index (χ3n) is 4.36. The Morgan fingerprint density at radius 3 is 3.00 bits per heavy atom. The molecule has 1 spiro atoms. The minimum absolute atomic E-state index is 0.241. The maximum atomic E-state index is 6.31. The van der Waals surface area contributed by atoms with Crippen LogP contribution in [0.4, 0.5) is 0 Å². The third-order valence-corrected chi connectivity index (χ3v) is 4.36. The molecular formula is C14H23N3O. The molecule has 1 aliphatic heterocycles. The van der Waals surface area contributed by atoms with Crippen LogP contribution in [0, 0.1) is 0 Å². The maximum absolute atomic E-state index is 6.31. The Balaban J connectivity index is 1.56. The van der Waals surface area contributed by atoms with Crippen LogP contribution < -0.4 is 5.73 Å². The standard InChI is InChI=1S/C14H23N3O/c15-8-4-12-9-17(11-16-12)10-13-3-7-14(18-13)5-1-2-6-14/h9,11,13H,1-8,10,15H2. The van der Waals surface area contributed by atoms with E-state index in [1.165, 1.54) is 38.5 Å². The summed E-state index contributed by atoms with van der Waals surface area (Å²) in [5, 5.41) is 0. The monoisotopic (exact) mass is 249 g/mol. The van der Waals surface area contributed by atoms with E-state index >= 15 is 0 Å². The zero-order chi connectivity index (χ0) is 12.4. The number of nitrogens with zero attached hydrogens (tertiary/aromatic N) is 2. The molecule has 2 heterocycles. The Bertz CT molecular complexity index is 395. The maximum Gasteiger partial charge on any atom is 0.0950 e. The van der Waals surface area contributed by atoms with Gasteiger partial charge in [-0.2, -0.15) is 0 Å². The molecule has 1 aromatic heterocycles. The van der Waals surface area contributed by atoms with E-state index in [0.717, 1.165) is 18.7 Å². The smallest absolute Gasteiger partial charge is 0.0950 e. The van der Waals surface area contributed by atoms with Gasteiger partial charge in [0, 0.05) is 19.2 Å². The lowest BCUT2D eigenvalue weighted by atomic mass is 9.98. The highest BCUT2D eigenvalue weighted by Crippen LogP contribution is 2.43. The number of aromatic nitrogens is 2. The lowest BCUT2D eigenvalue weighted by molar-refractivity contribution is -0.0418. The van der Waals surface area contributed by atoms with Crippen LogP contribution in [0.2, 0.25) is 0 Å². The number of rotatable bonds is 4. The summed E-state index contributed by atoms with van der Waals surface area (Å²) in [6.45, 7) is 1.61. The van der Waals surface area contributed by atoms with Gasteiger partial charge in [-0.1, -0.05) is 12.8 Å². The van der Waals surface area contributed by atoms with Crippen molar-refractivity contribution in [2.45, 2.75) is 63.2 Å². The Morgan fingerprint density at radius 2 is 2.22 bits per heavy atom. The summed E-state index contributed by atoms with van der Waals surface area (Å²) in [7, 11) is 0. The third kappa shape index (κ3) is 2.45. The Labute approximate surface area is 109 Å². The molecule has 0 aromatic carbocycles. The lowest BCUT2D eigenvalue weighted by Gasteiger charge is -2.23. The fourth-order valence-electron chi connectivity index (χ4n) is 3.43. The van der Waals surface area contributed by atoms with Gasteiger partial charge in [-0.05, 0) is 32.2 Å². The first-order valence-corrected chi connectivity index (χ1v) is 7.18. The predicted molar refractivity (Wildman–Crippen MR) is 70.3 cm³/mol. The molecule has 1 unspecified atom stereocenters. The summed E-state index contributed by atoms with van der Waals surface area (Å²) in [6.07, 6.45) is 12.9. The van der Waals surface area contributed by atoms with Crippen LogP contribution in [0.15, 0.2) is 12.5 Å². The second kappa shape index (κ2) is 5.02. The number of ether oxygens (including phenoxy) is 1. The number of hydrogen-bond acceptors (Lipinski definition) is 3. The number of nitrogens with two attached hydrogens (primary N) is 1. The molecule has 0 bridgehead atoms. The van der Waals surface area contributed by atoms with Gasteiger partial charge < -0.3 is 15.0 Å². The summed E-state index contributed by atoms with van der Waals surface area (Å²) in [4.78, 5) is 4.36. The van der Waals surface area contributed by atoms with Gasteiger partial charge in [0.1, 0.15) is 0 Å². The van der Waals surface area contributed by atoms with Crippen LogP contribution >= 0.6 is 0 Å². The topological polar surface area (TPSA) is 53.1 Å². The van der Waals surface area contributed by atoms with E-state index in [0.29, 0.717) is 12.6 Å². The van der Waals surface area contributed by atoms with Crippen LogP contribution in [0.1, 0.15) is 44.2 Å². The second-order valence-electron chi connectivity index (χ2n) is 5.77. The molecule has 2 fully saturated rings. The summed E-state index contributed by atoms with van der Waals surface area (Å²) in [6, 6.07) is 0.